The lowest BCUT2D eigenvalue weighted by atomic mass is 10.1. The molecule has 0 saturated heterocycles. The Labute approximate surface area is 257 Å². The number of halogens is 3. The molecule has 5 rings (SSSR count). The maximum Gasteiger partial charge on any atom is 0.280 e. The van der Waals surface area contributed by atoms with Crippen molar-refractivity contribution in [3.05, 3.63) is 131 Å². The molecule has 1 amide bonds. The maximum absolute atomic E-state index is 13.6. The van der Waals surface area contributed by atoms with E-state index in [9.17, 15) is 19.7 Å². The van der Waals surface area contributed by atoms with E-state index in [4.69, 9.17) is 28.2 Å². The predicted octanol–water partition coefficient (Wildman–Crippen LogP) is 6.89. The number of hydrogen-bond acceptors (Lipinski definition) is 7. The van der Waals surface area contributed by atoms with E-state index >= 15 is 0 Å². The van der Waals surface area contributed by atoms with Gasteiger partial charge in [-0.2, -0.15) is 0 Å². The second-order valence-corrected chi connectivity index (χ2v) is 10.8. The Morgan fingerprint density at radius 3 is 2.48 bits per heavy atom. The van der Waals surface area contributed by atoms with E-state index in [-0.39, 0.29) is 24.3 Å². The first-order valence-electron chi connectivity index (χ1n) is 12.5. The molecule has 212 valence electrons. The molecule has 0 aliphatic rings. The molecule has 0 atom stereocenters. The van der Waals surface area contributed by atoms with Gasteiger partial charge in [0.25, 0.3) is 11.2 Å². The average Bonchev–Trinajstić information content (AvgIpc) is 2.96. The number of anilines is 3. The Morgan fingerprint density at radius 1 is 0.976 bits per heavy atom. The first-order chi connectivity index (χ1) is 20.2. The van der Waals surface area contributed by atoms with Crippen LogP contribution in [0.2, 0.25) is 10.0 Å². The fourth-order valence-electron chi connectivity index (χ4n) is 4.26. The van der Waals surface area contributed by atoms with E-state index in [1.165, 1.54) is 28.9 Å². The van der Waals surface area contributed by atoms with Crippen molar-refractivity contribution in [2.45, 2.75) is 6.42 Å². The second kappa shape index (κ2) is 12.6. The summed E-state index contributed by atoms with van der Waals surface area (Å²) in [6, 6.07) is 23.4. The molecule has 0 saturated carbocycles. The fourth-order valence-corrected chi connectivity index (χ4v) is 5.11. The van der Waals surface area contributed by atoms with Crippen LogP contribution in [-0.2, 0) is 11.2 Å². The van der Waals surface area contributed by atoms with E-state index in [1.807, 2.05) is 24.3 Å². The molecule has 13 heteroatoms. The number of hydrogen-bond donors (Lipinski definition) is 3. The van der Waals surface area contributed by atoms with Crippen LogP contribution < -0.4 is 21.6 Å². The molecular weight excluding hydrogens is 647 g/mol. The summed E-state index contributed by atoms with van der Waals surface area (Å²) in [5, 5.41) is 18.2. The summed E-state index contributed by atoms with van der Waals surface area (Å²) in [5.41, 5.74) is 5.08. The molecule has 0 aliphatic carbocycles. The van der Waals surface area contributed by atoms with E-state index in [1.54, 1.807) is 36.4 Å². The molecule has 1 heterocycles. The number of benzene rings is 4. The highest BCUT2D eigenvalue weighted by Crippen LogP contribution is 2.34. The van der Waals surface area contributed by atoms with Crippen LogP contribution >= 0.6 is 39.1 Å². The molecule has 0 aliphatic heterocycles. The lowest BCUT2D eigenvalue weighted by Gasteiger charge is -2.18. The van der Waals surface area contributed by atoms with Crippen LogP contribution in [0.3, 0.4) is 0 Å². The smallest absolute Gasteiger partial charge is 0.280 e. The molecule has 4 aromatic carbocycles. The van der Waals surface area contributed by atoms with Crippen molar-refractivity contribution in [3.8, 4) is 0 Å². The number of nitrogens with zero attached hydrogens (tertiary/aromatic N) is 3. The van der Waals surface area contributed by atoms with Crippen LogP contribution in [0.1, 0.15) is 11.4 Å². The van der Waals surface area contributed by atoms with E-state index in [0.29, 0.717) is 42.6 Å². The molecule has 42 heavy (non-hydrogen) atoms. The topological polar surface area (TPSA) is 131 Å². The van der Waals surface area contributed by atoms with Gasteiger partial charge < -0.3 is 16.1 Å². The Hall–Kier alpha value is -4.45. The van der Waals surface area contributed by atoms with E-state index in [2.05, 4.69) is 32.0 Å². The predicted molar refractivity (Wildman–Crippen MR) is 169 cm³/mol. The molecular formula is C29H21BrCl2N6O4. The summed E-state index contributed by atoms with van der Waals surface area (Å²) in [4.78, 5) is 41.7. The molecule has 0 radical (unpaired) electrons. The minimum atomic E-state index is -0.551. The van der Waals surface area contributed by atoms with Gasteiger partial charge in [-0.05, 0) is 48.0 Å². The van der Waals surface area contributed by atoms with Gasteiger partial charge in [-0.1, -0.05) is 69.5 Å². The first kappa shape index (κ1) is 29.1. The summed E-state index contributed by atoms with van der Waals surface area (Å²) in [7, 11) is 0. The van der Waals surface area contributed by atoms with Crippen molar-refractivity contribution in [1.82, 2.24) is 9.66 Å². The average molecular weight is 668 g/mol. The Bertz CT molecular complexity index is 1880. The number of para-hydroxylation sites is 2. The minimum absolute atomic E-state index is 0.158. The van der Waals surface area contributed by atoms with Crippen molar-refractivity contribution in [1.29, 1.82) is 0 Å². The number of aromatic nitrogens is 2. The Balaban J connectivity index is 1.47. The summed E-state index contributed by atoms with van der Waals surface area (Å²) >= 11 is 16.2. The van der Waals surface area contributed by atoms with Gasteiger partial charge in [-0.15, -0.1) is 0 Å². The number of rotatable bonds is 9. The van der Waals surface area contributed by atoms with E-state index < -0.39 is 16.4 Å². The third-order valence-corrected chi connectivity index (χ3v) is 7.35. The highest BCUT2D eigenvalue weighted by atomic mass is 79.9. The van der Waals surface area contributed by atoms with Crippen molar-refractivity contribution in [2.24, 2.45) is 0 Å². The summed E-state index contributed by atoms with van der Waals surface area (Å²) in [6.07, 6.45) is 0.200. The number of fused-ring (bicyclic) bond motifs is 1. The second-order valence-electron chi connectivity index (χ2n) is 9.08. The zero-order valence-corrected chi connectivity index (χ0v) is 24.7. The van der Waals surface area contributed by atoms with Crippen LogP contribution in [0.5, 0.6) is 0 Å². The largest absolute Gasteiger partial charge is 0.353 e. The standard InChI is InChI=1S/C29H21BrCl2N6O4/c30-18-11-12-25-21(14-18)29(40)37(33-16-27(39)34-19-6-3-7-20(15-19)38(41)42)26(35-25)13-17-5-1-2-10-24(17)36-28-22(31)8-4-9-23(28)32/h1-12,14-15,33,36H,13,16H2,(H,34,39). The highest BCUT2D eigenvalue weighted by Gasteiger charge is 2.16. The molecule has 10 nitrogen and oxygen atoms in total. The van der Waals surface area contributed by atoms with Gasteiger partial charge in [0, 0.05) is 34.4 Å². The number of carbonyl (C=O) groups is 1. The van der Waals surface area contributed by atoms with E-state index in [0.717, 1.165) is 5.56 Å². The van der Waals surface area contributed by atoms with Crippen LogP contribution in [0, 0.1) is 10.1 Å². The fraction of sp³-hybridized carbons (Fsp3) is 0.0690. The molecule has 0 bridgehead atoms. The molecule has 0 spiro atoms. The lowest BCUT2D eigenvalue weighted by Crippen LogP contribution is -2.37. The van der Waals surface area contributed by atoms with Gasteiger partial charge in [0.05, 0.1) is 31.6 Å². The summed E-state index contributed by atoms with van der Waals surface area (Å²) < 4.78 is 1.93. The number of amides is 1. The maximum atomic E-state index is 13.6. The number of nitro groups is 1. The normalized spacial score (nSPS) is 10.8. The molecule has 3 N–H and O–H groups in total. The van der Waals surface area contributed by atoms with Crippen LogP contribution in [0.15, 0.2) is 94.2 Å². The third kappa shape index (κ3) is 6.54. The highest BCUT2D eigenvalue weighted by molar-refractivity contribution is 9.10. The third-order valence-electron chi connectivity index (χ3n) is 6.23. The van der Waals surface area contributed by atoms with Crippen molar-refractivity contribution in [3.63, 3.8) is 0 Å². The molecule has 0 fully saturated rings. The molecule has 1 aromatic heterocycles. The first-order valence-corrected chi connectivity index (χ1v) is 14.0. The van der Waals surface area contributed by atoms with Gasteiger partial charge in [-0.3, -0.25) is 19.7 Å². The Morgan fingerprint density at radius 2 is 1.71 bits per heavy atom. The van der Waals surface area contributed by atoms with Crippen LogP contribution in [0.25, 0.3) is 10.9 Å². The van der Waals surface area contributed by atoms with Crippen LogP contribution in [-0.4, -0.2) is 27.0 Å². The lowest BCUT2D eigenvalue weighted by molar-refractivity contribution is -0.384. The number of non-ortho nitro benzene ring substituents is 1. The monoisotopic (exact) mass is 666 g/mol. The van der Waals surface area contributed by atoms with Gasteiger partial charge in [-0.25, -0.2) is 9.66 Å². The molecule has 5 aromatic rings. The Kier molecular flexibility index (Phi) is 8.72. The van der Waals surface area contributed by atoms with Crippen molar-refractivity contribution < 1.29 is 9.72 Å². The number of nitrogens with one attached hydrogen (secondary N) is 3. The van der Waals surface area contributed by atoms with Crippen LogP contribution in [0.4, 0.5) is 22.7 Å². The SMILES string of the molecule is O=C(CNn1c(Cc2ccccc2Nc2c(Cl)cccc2Cl)nc2ccc(Br)cc2c1=O)Nc1cccc([N+](=O)[O-])c1. The number of nitro benzene ring substituents is 1. The van der Waals surface area contributed by atoms with Gasteiger partial charge in [0.1, 0.15) is 12.4 Å². The quantitative estimate of drug-likeness (QED) is 0.115. The summed E-state index contributed by atoms with van der Waals surface area (Å²) in [5.74, 6) is -0.171. The van der Waals surface area contributed by atoms with Gasteiger partial charge in [0.15, 0.2) is 0 Å². The zero-order chi connectivity index (χ0) is 29.8. The zero-order valence-electron chi connectivity index (χ0n) is 21.6. The van der Waals surface area contributed by atoms with Gasteiger partial charge in [0.2, 0.25) is 5.91 Å². The molecule has 0 unspecified atom stereocenters. The van der Waals surface area contributed by atoms with Crippen molar-refractivity contribution in [2.75, 3.05) is 22.6 Å². The van der Waals surface area contributed by atoms with Gasteiger partial charge >= 0.3 is 0 Å². The van der Waals surface area contributed by atoms with Crippen molar-refractivity contribution >= 4 is 78.7 Å². The number of carbonyl (C=O) groups excluding carboxylic acids is 1. The minimum Gasteiger partial charge on any atom is -0.353 e. The summed E-state index contributed by atoms with van der Waals surface area (Å²) in [6.45, 7) is -0.314.